The largest absolute Gasteiger partial charge is 0.444 e. The maximum Gasteiger partial charge on any atom is 0.236 e. The van der Waals surface area contributed by atoms with E-state index >= 15 is 0 Å². The number of oxazole rings is 1. The highest BCUT2D eigenvalue weighted by Crippen LogP contribution is 2.24. The van der Waals surface area contributed by atoms with Crippen molar-refractivity contribution in [3.63, 3.8) is 0 Å². The quantitative estimate of drug-likeness (QED) is 0.946. The first-order valence-electron chi connectivity index (χ1n) is 6.68. The molecular weight excluding hydrogens is 294 g/mol. The van der Waals surface area contributed by atoms with E-state index in [1.165, 1.54) is 0 Å². The van der Waals surface area contributed by atoms with E-state index in [0.717, 1.165) is 36.1 Å². The second-order valence-electron chi connectivity index (χ2n) is 5.21. The predicted molar refractivity (Wildman–Crippen MR) is 84.4 cm³/mol. The standard InChI is InChI=1S/C14H19N3OS.ClH/c1-10-7-17(11(2)6-15-10)8-12-9-18-14(16-12)13-4-3-5-19-13;/h3-5,9-11,15H,6-8H2,1-2H3;1H. The minimum Gasteiger partial charge on any atom is -0.444 e. The summed E-state index contributed by atoms with van der Waals surface area (Å²) in [6.07, 6.45) is 1.79. The van der Waals surface area contributed by atoms with Crippen LogP contribution >= 0.6 is 23.7 Å². The molecule has 1 aliphatic rings. The summed E-state index contributed by atoms with van der Waals surface area (Å²) in [7, 11) is 0. The van der Waals surface area contributed by atoms with Crippen LogP contribution in [0.25, 0.3) is 10.8 Å². The van der Waals surface area contributed by atoms with E-state index in [4.69, 9.17) is 4.42 Å². The van der Waals surface area contributed by atoms with Crippen LogP contribution in [0.4, 0.5) is 0 Å². The van der Waals surface area contributed by atoms with Gasteiger partial charge in [0, 0.05) is 31.7 Å². The summed E-state index contributed by atoms with van der Waals surface area (Å²) in [6, 6.07) is 5.14. The molecule has 1 N–H and O–H groups in total. The molecule has 1 aliphatic heterocycles. The van der Waals surface area contributed by atoms with Gasteiger partial charge >= 0.3 is 0 Å². The summed E-state index contributed by atoms with van der Waals surface area (Å²) in [6.45, 7) is 7.43. The molecule has 3 heterocycles. The SMILES string of the molecule is CC1CN(Cc2coc(-c3cccs3)n2)C(C)CN1.Cl. The molecule has 0 radical (unpaired) electrons. The number of piperazine rings is 1. The molecule has 20 heavy (non-hydrogen) atoms. The van der Waals surface area contributed by atoms with Crippen molar-refractivity contribution in [3.8, 4) is 10.8 Å². The van der Waals surface area contributed by atoms with Gasteiger partial charge < -0.3 is 9.73 Å². The average molecular weight is 314 g/mol. The molecule has 2 aromatic heterocycles. The second kappa shape index (κ2) is 6.72. The summed E-state index contributed by atoms with van der Waals surface area (Å²) >= 11 is 1.66. The van der Waals surface area contributed by atoms with Gasteiger partial charge in [0.25, 0.3) is 0 Å². The lowest BCUT2D eigenvalue weighted by Crippen LogP contribution is -2.53. The van der Waals surface area contributed by atoms with Crippen LogP contribution < -0.4 is 5.32 Å². The predicted octanol–water partition coefficient (Wildman–Crippen LogP) is 3.01. The Bertz CT molecular complexity index is 528. The van der Waals surface area contributed by atoms with E-state index in [0.29, 0.717) is 12.1 Å². The first-order valence-corrected chi connectivity index (χ1v) is 7.56. The number of halogens is 1. The van der Waals surface area contributed by atoms with E-state index in [1.54, 1.807) is 17.6 Å². The van der Waals surface area contributed by atoms with Crippen LogP contribution in [-0.2, 0) is 6.54 Å². The number of nitrogens with one attached hydrogen (secondary N) is 1. The molecule has 0 aromatic carbocycles. The van der Waals surface area contributed by atoms with Crippen molar-refractivity contribution in [2.45, 2.75) is 32.5 Å². The highest BCUT2D eigenvalue weighted by molar-refractivity contribution is 7.13. The van der Waals surface area contributed by atoms with Crippen LogP contribution in [-0.4, -0.2) is 35.1 Å². The molecule has 0 spiro atoms. The lowest BCUT2D eigenvalue weighted by molar-refractivity contribution is 0.137. The normalized spacial score (nSPS) is 23.5. The zero-order valence-corrected chi connectivity index (χ0v) is 13.3. The van der Waals surface area contributed by atoms with Gasteiger partial charge in [-0.25, -0.2) is 4.98 Å². The van der Waals surface area contributed by atoms with Gasteiger partial charge in [-0.2, -0.15) is 0 Å². The van der Waals surface area contributed by atoms with Crippen molar-refractivity contribution < 1.29 is 4.42 Å². The number of hydrogen-bond acceptors (Lipinski definition) is 5. The molecule has 0 bridgehead atoms. The van der Waals surface area contributed by atoms with Gasteiger partial charge in [0.1, 0.15) is 6.26 Å². The maximum absolute atomic E-state index is 5.57. The number of rotatable bonds is 3. The maximum atomic E-state index is 5.57. The minimum atomic E-state index is 0. The first kappa shape index (κ1) is 15.5. The second-order valence-corrected chi connectivity index (χ2v) is 6.16. The Hall–Kier alpha value is -0.880. The Balaban J connectivity index is 0.00000147. The fourth-order valence-electron chi connectivity index (χ4n) is 2.42. The Morgan fingerprint density at radius 3 is 3.10 bits per heavy atom. The van der Waals surface area contributed by atoms with Gasteiger partial charge in [-0.3, -0.25) is 4.90 Å². The zero-order valence-electron chi connectivity index (χ0n) is 11.7. The molecule has 110 valence electrons. The highest BCUT2D eigenvalue weighted by Gasteiger charge is 2.23. The summed E-state index contributed by atoms with van der Waals surface area (Å²) in [5.74, 6) is 0.737. The fraction of sp³-hybridized carbons (Fsp3) is 0.500. The fourth-order valence-corrected chi connectivity index (χ4v) is 3.07. The molecule has 1 saturated heterocycles. The van der Waals surface area contributed by atoms with Gasteiger partial charge in [-0.05, 0) is 25.3 Å². The van der Waals surface area contributed by atoms with Crippen LogP contribution in [0.2, 0.25) is 0 Å². The molecule has 2 aromatic rings. The van der Waals surface area contributed by atoms with E-state index < -0.39 is 0 Å². The number of hydrogen-bond donors (Lipinski definition) is 1. The van der Waals surface area contributed by atoms with Gasteiger partial charge in [-0.1, -0.05) is 6.07 Å². The van der Waals surface area contributed by atoms with Gasteiger partial charge in [-0.15, -0.1) is 23.7 Å². The minimum absolute atomic E-state index is 0. The first-order chi connectivity index (χ1) is 9.22. The Kier molecular flexibility index (Phi) is 5.21. The van der Waals surface area contributed by atoms with Crippen molar-refractivity contribution in [2.75, 3.05) is 13.1 Å². The molecule has 2 unspecified atom stereocenters. The third kappa shape index (κ3) is 3.41. The zero-order chi connectivity index (χ0) is 13.2. The molecule has 0 amide bonds. The summed E-state index contributed by atoms with van der Waals surface area (Å²) in [4.78, 5) is 8.13. The Morgan fingerprint density at radius 2 is 2.35 bits per heavy atom. The summed E-state index contributed by atoms with van der Waals surface area (Å²) in [5.41, 5.74) is 1.02. The van der Waals surface area contributed by atoms with Crippen LogP contribution in [0, 0.1) is 0 Å². The highest BCUT2D eigenvalue weighted by atomic mass is 35.5. The van der Waals surface area contributed by atoms with Crippen molar-refractivity contribution >= 4 is 23.7 Å². The third-order valence-corrected chi connectivity index (χ3v) is 4.40. The van der Waals surface area contributed by atoms with Crippen molar-refractivity contribution in [1.29, 1.82) is 0 Å². The van der Waals surface area contributed by atoms with Crippen LogP contribution in [0.1, 0.15) is 19.5 Å². The monoisotopic (exact) mass is 313 g/mol. The Morgan fingerprint density at radius 1 is 1.50 bits per heavy atom. The molecule has 6 heteroatoms. The summed E-state index contributed by atoms with van der Waals surface area (Å²) in [5, 5.41) is 5.53. The van der Waals surface area contributed by atoms with Crippen molar-refractivity contribution in [3.05, 3.63) is 29.5 Å². The van der Waals surface area contributed by atoms with E-state index in [1.807, 2.05) is 17.5 Å². The third-order valence-electron chi connectivity index (χ3n) is 3.54. The number of nitrogens with zero attached hydrogens (tertiary/aromatic N) is 2. The number of thiophene rings is 1. The lowest BCUT2D eigenvalue weighted by Gasteiger charge is -2.36. The molecule has 0 aliphatic carbocycles. The molecule has 2 atom stereocenters. The van der Waals surface area contributed by atoms with Crippen LogP contribution in [0.5, 0.6) is 0 Å². The number of aromatic nitrogens is 1. The van der Waals surface area contributed by atoms with Gasteiger partial charge in [0.05, 0.1) is 10.6 Å². The van der Waals surface area contributed by atoms with Crippen LogP contribution in [0.15, 0.2) is 28.2 Å². The summed E-state index contributed by atoms with van der Waals surface area (Å²) < 4.78 is 5.57. The van der Waals surface area contributed by atoms with Gasteiger partial charge in [0.2, 0.25) is 5.89 Å². The van der Waals surface area contributed by atoms with E-state index in [2.05, 4.69) is 29.0 Å². The van der Waals surface area contributed by atoms with Gasteiger partial charge in [0.15, 0.2) is 0 Å². The Labute approximate surface area is 129 Å². The average Bonchev–Trinajstić information content (AvgIpc) is 3.04. The molecule has 3 rings (SSSR count). The van der Waals surface area contributed by atoms with E-state index in [-0.39, 0.29) is 12.4 Å². The molecule has 1 fully saturated rings. The molecular formula is C14H20ClN3OS. The van der Waals surface area contributed by atoms with Crippen molar-refractivity contribution in [2.24, 2.45) is 0 Å². The van der Waals surface area contributed by atoms with E-state index in [9.17, 15) is 0 Å². The van der Waals surface area contributed by atoms with Crippen LogP contribution in [0.3, 0.4) is 0 Å². The molecule has 4 nitrogen and oxygen atoms in total. The van der Waals surface area contributed by atoms with Crippen molar-refractivity contribution in [1.82, 2.24) is 15.2 Å². The topological polar surface area (TPSA) is 41.3 Å². The molecule has 0 saturated carbocycles. The smallest absolute Gasteiger partial charge is 0.236 e. The lowest BCUT2D eigenvalue weighted by atomic mass is 10.1.